The Balaban J connectivity index is 1.45. The third kappa shape index (κ3) is 5.10. The van der Waals surface area contributed by atoms with Crippen LogP contribution in [0.5, 0.6) is 0 Å². The second-order valence-electron chi connectivity index (χ2n) is 8.02. The Morgan fingerprint density at radius 1 is 1.12 bits per heavy atom. The number of hydrogen-bond donors (Lipinski definition) is 1. The van der Waals surface area contributed by atoms with Crippen LogP contribution in [-0.2, 0) is 21.9 Å². The van der Waals surface area contributed by atoms with Crippen molar-refractivity contribution in [3.63, 3.8) is 0 Å². The van der Waals surface area contributed by atoms with Gasteiger partial charge in [0.15, 0.2) is 0 Å². The molecule has 7 nitrogen and oxygen atoms in total. The van der Waals surface area contributed by atoms with Gasteiger partial charge in [0.1, 0.15) is 17.7 Å². The number of imidazole rings is 1. The predicted octanol–water partition coefficient (Wildman–Crippen LogP) is 3.52. The summed E-state index contributed by atoms with van der Waals surface area (Å²) in [6.07, 6.45) is 4.21. The molecule has 174 valence electrons. The molecular weight excluding hydrogens is 467 g/mol. The normalized spacial score (nSPS) is 16.5. The number of amides is 1. The summed E-state index contributed by atoms with van der Waals surface area (Å²) < 4.78 is 42.4. The highest BCUT2D eigenvalue weighted by molar-refractivity contribution is 7.89. The Bertz CT molecular complexity index is 1220. The first-order chi connectivity index (χ1) is 15.8. The van der Waals surface area contributed by atoms with E-state index in [1.54, 1.807) is 41.2 Å². The van der Waals surface area contributed by atoms with Crippen LogP contribution in [0.3, 0.4) is 0 Å². The van der Waals surface area contributed by atoms with Gasteiger partial charge < -0.3 is 9.88 Å². The fraction of sp³-hybridized carbons (Fsp3) is 0.304. The Morgan fingerprint density at radius 3 is 2.33 bits per heavy atom. The molecule has 1 aliphatic heterocycles. The van der Waals surface area contributed by atoms with Gasteiger partial charge in [-0.25, -0.2) is 17.8 Å². The van der Waals surface area contributed by atoms with E-state index in [9.17, 15) is 17.6 Å². The van der Waals surface area contributed by atoms with Gasteiger partial charge in [-0.15, -0.1) is 0 Å². The first-order valence-corrected chi connectivity index (χ1v) is 12.4. The van der Waals surface area contributed by atoms with Gasteiger partial charge in [0.2, 0.25) is 15.9 Å². The molecule has 0 radical (unpaired) electrons. The van der Waals surface area contributed by atoms with E-state index in [1.807, 2.05) is 7.05 Å². The number of nitrogens with zero attached hydrogens (tertiary/aromatic N) is 3. The second kappa shape index (κ2) is 9.62. The first kappa shape index (κ1) is 23.4. The Hall–Kier alpha value is -2.75. The maximum Gasteiger partial charge on any atom is 0.243 e. The number of rotatable bonds is 6. The monoisotopic (exact) mass is 490 g/mol. The summed E-state index contributed by atoms with van der Waals surface area (Å²) >= 11 is 5.86. The summed E-state index contributed by atoms with van der Waals surface area (Å²) in [5.41, 5.74) is 0.710. The molecule has 1 atom stereocenters. The average Bonchev–Trinajstić information content (AvgIpc) is 3.24. The van der Waals surface area contributed by atoms with Crippen LogP contribution in [0.4, 0.5) is 4.39 Å². The largest absolute Gasteiger partial charge is 0.342 e. The van der Waals surface area contributed by atoms with Crippen molar-refractivity contribution < 1.29 is 17.6 Å². The second-order valence-corrected chi connectivity index (χ2v) is 10.4. The van der Waals surface area contributed by atoms with E-state index in [0.717, 1.165) is 0 Å². The van der Waals surface area contributed by atoms with Crippen LogP contribution in [0.25, 0.3) is 0 Å². The molecule has 2 heterocycles. The predicted molar refractivity (Wildman–Crippen MR) is 123 cm³/mol. The number of carbonyl (C=O) groups excluding carboxylic acids is 1. The molecule has 0 spiro atoms. The van der Waals surface area contributed by atoms with Crippen molar-refractivity contribution in [2.45, 2.75) is 23.8 Å². The molecule has 0 aliphatic carbocycles. The zero-order valence-corrected chi connectivity index (χ0v) is 19.6. The van der Waals surface area contributed by atoms with Crippen LogP contribution in [0.2, 0.25) is 5.02 Å². The minimum Gasteiger partial charge on any atom is -0.342 e. The van der Waals surface area contributed by atoms with Crippen molar-refractivity contribution >= 4 is 27.5 Å². The number of aromatic nitrogens is 2. The fourth-order valence-electron chi connectivity index (χ4n) is 3.98. The molecule has 3 aromatic rings. The molecule has 1 saturated heterocycles. The van der Waals surface area contributed by atoms with Crippen LogP contribution < -0.4 is 5.32 Å². The molecule has 10 heteroatoms. The Kier molecular flexibility index (Phi) is 6.83. The topological polar surface area (TPSA) is 84.3 Å². The van der Waals surface area contributed by atoms with Crippen molar-refractivity contribution in [1.82, 2.24) is 19.2 Å². The Labute approximate surface area is 197 Å². The van der Waals surface area contributed by atoms with Crippen LogP contribution in [-0.4, -0.2) is 41.3 Å². The number of piperidine rings is 1. The van der Waals surface area contributed by atoms with E-state index in [1.165, 1.54) is 28.6 Å². The maximum absolute atomic E-state index is 13.4. The molecule has 2 aromatic carbocycles. The highest BCUT2D eigenvalue weighted by Gasteiger charge is 2.33. The van der Waals surface area contributed by atoms with Crippen molar-refractivity contribution in [3.8, 4) is 0 Å². The molecule has 33 heavy (non-hydrogen) atoms. The summed E-state index contributed by atoms with van der Waals surface area (Å²) in [7, 11) is -1.82. The van der Waals surface area contributed by atoms with Gasteiger partial charge in [0.05, 0.1) is 4.90 Å². The number of carbonyl (C=O) groups is 1. The van der Waals surface area contributed by atoms with Gasteiger partial charge in [-0.05, 0) is 54.8 Å². The van der Waals surface area contributed by atoms with Crippen LogP contribution >= 0.6 is 11.6 Å². The average molecular weight is 491 g/mol. The Morgan fingerprint density at radius 2 is 1.76 bits per heavy atom. The van der Waals surface area contributed by atoms with Gasteiger partial charge in [-0.2, -0.15) is 4.31 Å². The van der Waals surface area contributed by atoms with Crippen LogP contribution in [0, 0.1) is 11.7 Å². The maximum atomic E-state index is 13.4. The summed E-state index contributed by atoms with van der Waals surface area (Å²) in [6, 6.07) is 11.4. The third-order valence-electron chi connectivity index (χ3n) is 5.88. The lowest BCUT2D eigenvalue weighted by atomic mass is 9.96. The molecule has 1 aliphatic rings. The number of benzene rings is 2. The quantitative estimate of drug-likeness (QED) is 0.573. The summed E-state index contributed by atoms with van der Waals surface area (Å²) in [4.78, 5) is 17.7. The number of halogens is 2. The van der Waals surface area contributed by atoms with Crippen molar-refractivity contribution in [1.29, 1.82) is 0 Å². The molecule has 0 saturated carbocycles. The SMILES string of the molecule is Cn1ccnc1[C@H](NC(=O)C1CCN(S(=O)(=O)c2ccc(Cl)cc2)CC1)c1ccc(F)cc1. The molecule has 1 fully saturated rings. The van der Waals surface area contributed by atoms with Crippen LogP contribution in [0.1, 0.15) is 30.3 Å². The van der Waals surface area contributed by atoms with E-state index in [2.05, 4.69) is 10.3 Å². The van der Waals surface area contributed by atoms with Gasteiger partial charge >= 0.3 is 0 Å². The summed E-state index contributed by atoms with van der Waals surface area (Å²) in [5.74, 6) is -0.267. The minimum atomic E-state index is -3.64. The molecule has 0 unspecified atom stereocenters. The molecule has 1 N–H and O–H groups in total. The lowest BCUT2D eigenvalue weighted by Gasteiger charge is -2.31. The number of nitrogens with one attached hydrogen (secondary N) is 1. The fourth-order valence-corrected chi connectivity index (χ4v) is 5.58. The molecule has 1 amide bonds. The molecular formula is C23H24ClFN4O3S. The molecule has 4 rings (SSSR count). The first-order valence-electron chi connectivity index (χ1n) is 10.5. The van der Waals surface area contributed by atoms with Gasteiger partial charge in [0.25, 0.3) is 0 Å². The van der Waals surface area contributed by atoms with Crippen LogP contribution in [0.15, 0.2) is 65.8 Å². The van der Waals surface area contributed by atoms with Gasteiger partial charge in [0, 0.05) is 43.5 Å². The number of aryl methyl sites for hydroxylation is 1. The zero-order valence-electron chi connectivity index (χ0n) is 18.0. The lowest BCUT2D eigenvalue weighted by molar-refractivity contribution is -0.126. The van der Waals surface area contributed by atoms with Crippen molar-refractivity contribution in [3.05, 3.63) is 83.2 Å². The van der Waals surface area contributed by atoms with Gasteiger partial charge in [-0.3, -0.25) is 4.79 Å². The smallest absolute Gasteiger partial charge is 0.243 e. The van der Waals surface area contributed by atoms with E-state index in [4.69, 9.17) is 11.6 Å². The van der Waals surface area contributed by atoms with Crippen molar-refractivity contribution in [2.75, 3.05) is 13.1 Å². The van der Waals surface area contributed by atoms with E-state index >= 15 is 0 Å². The van der Waals surface area contributed by atoms with E-state index < -0.39 is 16.1 Å². The van der Waals surface area contributed by atoms with Gasteiger partial charge in [-0.1, -0.05) is 23.7 Å². The van der Waals surface area contributed by atoms with E-state index in [0.29, 0.717) is 29.3 Å². The lowest BCUT2D eigenvalue weighted by Crippen LogP contribution is -2.44. The standard InChI is InChI=1S/C23H24ClFN4O3S/c1-28-15-12-26-22(28)21(16-2-6-19(25)7-3-16)27-23(30)17-10-13-29(14-11-17)33(31,32)20-8-4-18(24)5-9-20/h2-9,12,15,17,21H,10-11,13-14H2,1H3,(H,27,30)/t21-/m1/s1. The highest BCUT2D eigenvalue weighted by Crippen LogP contribution is 2.27. The highest BCUT2D eigenvalue weighted by atomic mass is 35.5. The van der Waals surface area contributed by atoms with E-state index in [-0.39, 0.29) is 35.6 Å². The third-order valence-corrected chi connectivity index (χ3v) is 8.05. The molecule has 0 bridgehead atoms. The number of hydrogen-bond acceptors (Lipinski definition) is 4. The number of sulfonamides is 1. The molecule has 1 aromatic heterocycles. The van der Waals surface area contributed by atoms with Crippen molar-refractivity contribution in [2.24, 2.45) is 13.0 Å². The summed E-state index contributed by atoms with van der Waals surface area (Å²) in [5, 5.41) is 3.50. The summed E-state index contributed by atoms with van der Waals surface area (Å²) in [6.45, 7) is 0.485. The minimum absolute atomic E-state index is 0.181. The zero-order chi connectivity index (χ0) is 23.6.